The van der Waals surface area contributed by atoms with Crippen LogP contribution < -0.4 is 10.5 Å². The minimum absolute atomic E-state index is 0.103. The van der Waals surface area contributed by atoms with Gasteiger partial charge in [-0.2, -0.15) is 0 Å². The van der Waals surface area contributed by atoms with Gasteiger partial charge in [0, 0.05) is 77.9 Å². The van der Waals surface area contributed by atoms with Crippen molar-refractivity contribution in [3.63, 3.8) is 0 Å². The topological polar surface area (TPSA) is 75.8 Å². The summed E-state index contributed by atoms with van der Waals surface area (Å²) in [6.07, 6.45) is 5.80. The first-order valence-corrected chi connectivity index (χ1v) is 13.7. The average molecular weight is 495 g/mol. The molecule has 2 fully saturated rings. The Morgan fingerprint density at radius 2 is 1.72 bits per heavy atom. The zero-order valence-corrected chi connectivity index (χ0v) is 21.8. The second-order valence-corrected chi connectivity index (χ2v) is 10.1. The highest BCUT2D eigenvalue weighted by Crippen LogP contribution is 2.14. The van der Waals surface area contributed by atoms with Crippen LogP contribution in [0.1, 0.15) is 50.3 Å². The van der Waals surface area contributed by atoms with Crippen molar-refractivity contribution in [3.05, 3.63) is 58.0 Å². The Bertz CT molecular complexity index is 1000. The van der Waals surface area contributed by atoms with E-state index in [9.17, 15) is 9.59 Å². The third kappa shape index (κ3) is 7.90. The average Bonchev–Trinajstić information content (AvgIpc) is 3.15. The van der Waals surface area contributed by atoms with Crippen LogP contribution in [-0.2, 0) is 17.8 Å². The first-order chi connectivity index (χ1) is 17.6. The van der Waals surface area contributed by atoms with Gasteiger partial charge in [0.1, 0.15) is 0 Å². The normalized spacial score (nSPS) is 17.8. The van der Waals surface area contributed by atoms with Gasteiger partial charge in [0.25, 0.3) is 5.56 Å². The SMILES string of the molecule is CCCCCC(=O)N1CCCN(c2nc(CN3CCN(CCc4ccccc4)CC3)cc(=O)[nH]2)CC1. The molecule has 2 aromatic rings. The molecule has 8 heteroatoms. The van der Waals surface area contributed by atoms with Crippen molar-refractivity contribution in [1.82, 2.24) is 24.7 Å². The van der Waals surface area contributed by atoms with E-state index in [-0.39, 0.29) is 11.5 Å². The number of aromatic nitrogens is 2. The van der Waals surface area contributed by atoms with E-state index >= 15 is 0 Å². The second kappa shape index (κ2) is 13.6. The van der Waals surface area contributed by atoms with Crippen molar-refractivity contribution in [2.75, 3.05) is 63.8 Å². The van der Waals surface area contributed by atoms with E-state index in [2.05, 4.69) is 56.9 Å². The Kier molecular flexibility index (Phi) is 9.93. The van der Waals surface area contributed by atoms with E-state index < -0.39 is 0 Å². The van der Waals surface area contributed by atoms with Gasteiger partial charge in [0.2, 0.25) is 11.9 Å². The molecular weight excluding hydrogens is 452 g/mol. The number of H-pyrrole nitrogens is 1. The monoisotopic (exact) mass is 494 g/mol. The molecule has 0 spiro atoms. The van der Waals surface area contributed by atoms with Crippen molar-refractivity contribution in [3.8, 4) is 0 Å². The van der Waals surface area contributed by atoms with Crippen LogP contribution in [0.4, 0.5) is 5.95 Å². The Morgan fingerprint density at radius 1 is 0.944 bits per heavy atom. The number of carbonyl (C=O) groups is 1. The number of nitrogens with zero attached hydrogens (tertiary/aromatic N) is 5. The van der Waals surface area contributed by atoms with Gasteiger partial charge in [-0.3, -0.25) is 19.5 Å². The molecule has 0 bridgehead atoms. The lowest BCUT2D eigenvalue weighted by Gasteiger charge is -2.34. The van der Waals surface area contributed by atoms with E-state index in [4.69, 9.17) is 4.98 Å². The third-order valence-corrected chi connectivity index (χ3v) is 7.33. The molecule has 36 heavy (non-hydrogen) atoms. The summed E-state index contributed by atoms with van der Waals surface area (Å²) in [5.74, 6) is 0.891. The van der Waals surface area contributed by atoms with Crippen LogP contribution in [0, 0.1) is 0 Å². The number of hydrogen-bond donors (Lipinski definition) is 1. The molecule has 1 aromatic carbocycles. The first kappa shape index (κ1) is 26.4. The van der Waals surface area contributed by atoms with Gasteiger partial charge in [0.05, 0.1) is 5.69 Å². The van der Waals surface area contributed by atoms with Crippen molar-refractivity contribution in [2.24, 2.45) is 0 Å². The van der Waals surface area contributed by atoms with Crippen LogP contribution in [-0.4, -0.2) is 89.5 Å². The fourth-order valence-corrected chi connectivity index (χ4v) is 5.12. The van der Waals surface area contributed by atoms with Crippen molar-refractivity contribution in [2.45, 2.75) is 52.0 Å². The van der Waals surface area contributed by atoms with Crippen LogP contribution in [0.2, 0.25) is 0 Å². The highest BCUT2D eigenvalue weighted by Gasteiger charge is 2.22. The molecule has 2 aliphatic heterocycles. The molecular formula is C28H42N6O2. The Hall–Kier alpha value is -2.71. The number of amides is 1. The minimum atomic E-state index is -0.103. The van der Waals surface area contributed by atoms with Crippen molar-refractivity contribution < 1.29 is 4.79 Å². The van der Waals surface area contributed by atoms with Gasteiger partial charge < -0.3 is 14.7 Å². The highest BCUT2D eigenvalue weighted by atomic mass is 16.2. The maximum absolute atomic E-state index is 12.6. The van der Waals surface area contributed by atoms with Crippen LogP contribution in [0.15, 0.2) is 41.2 Å². The predicted octanol–water partition coefficient (Wildman–Crippen LogP) is 2.75. The summed E-state index contributed by atoms with van der Waals surface area (Å²) in [7, 11) is 0. The standard InChI is InChI=1S/C28H42N6O2/c1-2-3-5-11-27(36)33-13-8-14-34(21-20-33)28-29-25(22-26(35)30-28)23-32-18-16-31(17-19-32)15-12-24-9-6-4-7-10-24/h4,6-7,9-10,22H,2-3,5,8,11-21,23H2,1H3,(H,29,30,35). The summed E-state index contributed by atoms with van der Waals surface area (Å²) in [6, 6.07) is 12.3. The number of nitrogens with one attached hydrogen (secondary N) is 1. The molecule has 1 amide bonds. The van der Waals surface area contributed by atoms with E-state index in [1.165, 1.54) is 5.56 Å². The van der Waals surface area contributed by atoms with Gasteiger partial charge in [-0.25, -0.2) is 4.98 Å². The van der Waals surface area contributed by atoms with Crippen LogP contribution in [0.25, 0.3) is 0 Å². The van der Waals surface area contributed by atoms with E-state index in [1.807, 2.05) is 4.90 Å². The fourth-order valence-electron chi connectivity index (χ4n) is 5.12. The molecule has 0 aliphatic carbocycles. The molecule has 2 saturated heterocycles. The largest absolute Gasteiger partial charge is 0.341 e. The number of benzene rings is 1. The number of unbranched alkanes of at least 4 members (excludes halogenated alkanes) is 2. The lowest BCUT2D eigenvalue weighted by molar-refractivity contribution is -0.131. The summed E-state index contributed by atoms with van der Waals surface area (Å²) in [4.78, 5) is 41.8. The smallest absolute Gasteiger partial charge is 0.252 e. The van der Waals surface area contributed by atoms with Crippen molar-refractivity contribution >= 4 is 11.9 Å². The van der Waals surface area contributed by atoms with Crippen LogP contribution >= 0.6 is 0 Å². The molecule has 8 nitrogen and oxygen atoms in total. The molecule has 1 N–H and O–H groups in total. The third-order valence-electron chi connectivity index (χ3n) is 7.33. The van der Waals surface area contributed by atoms with Gasteiger partial charge >= 0.3 is 0 Å². The quantitative estimate of drug-likeness (QED) is 0.512. The zero-order valence-electron chi connectivity index (χ0n) is 21.8. The Labute approximate surface area is 215 Å². The number of hydrogen-bond acceptors (Lipinski definition) is 6. The van der Waals surface area contributed by atoms with Gasteiger partial charge in [-0.15, -0.1) is 0 Å². The van der Waals surface area contributed by atoms with Crippen LogP contribution in [0.3, 0.4) is 0 Å². The summed E-state index contributed by atoms with van der Waals surface area (Å²) in [5, 5.41) is 0. The molecule has 0 atom stereocenters. The number of carbonyl (C=O) groups excluding carboxylic acids is 1. The summed E-state index contributed by atoms with van der Waals surface area (Å²) >= 11 is 0. The molecule has 196 valence electrons. The number of aromatic amines is 1. The Balaban J connectivity index is 1.26. The molecule has 0 radical (unpaired) electrons. The summed E-state index contributed by atoms with van der Waals surface area (Å²) < 4.78 is 0. The van der Waals surface area contributed by atoms with Gasteiger partial charge in [0.15, 0.2) is 0 Å². The predicted molar refractivity (Wildman–Crippen MR) is 144 cm³/mol. The molecule has 3 heterocycles. The Morgan fingerprint density at radius 3 is 2.50 bits per heavy atom. The molecule has 0 unspecified atom stereocenters. The number of piperazine rings is 1. The highest BCUT2D eigenvalue weighted by molar-refractivity contribution is 5.76. The van der Waals surface area contributed by atoms with E-state index in [0.717, 1.165) is 83.6 Å². The lowest BCUT2D eigenvalue weighted by atomic mass is 10.1. The second-order valence-electron chi connectivity index (χ2n) is 10.1. The number of anilines is 1. The van der Waals surface area contributed by atoms with Crippen molar-refractivity contribution in [1.29, 1.82) is 0 Å². The lowest BCUT2D eigenvalue weighted by Crippen LogP contribution is -2.46. The van der Waals surface area contributed by atoms with E-state index in [1.54, 1.807) is 6.07 Å². The zero-order chi connectivity index (χ0) is 25.2. The maximum atomic E-state index is 12.6. The maximum Gasteiger partial charge on any atom is 0.252 e. The minimum Gasteiger partial charge on any atom is -0.341 e. The van der Waals surface area contributed by atoms with Crippen LogP contribution in [0.5, 0.6) is 0 Å². The summed E-state index contributed by atoms with van der Waals surface area (Å²) in [6.45, 7) is 10.9. The van der Waals surface area contributed by atoms with Gasteiger partial charge in [-0.1, -0.05) is 50.1 Å². The molecule has 2 aliphatic rings. The summed E-state index contributed by atoms with van der Waals surface area (Å²) in [5.41, 5.74) is 2.11. The fraction of sp³-hybridized carbons (Fsp3) is 0.607. The van der Waals surface area contributed by atoms with Gasteiger partial charge in [-0.05, 0) is 24.8 Å². The molecule has 1 aromatic heterocycles. The number of rotatable bonds is 10. The van der Waals surface area contributed by atoms with E-state index in [0.29, 0.717) is 32.0 Å². The first-order valence-electron chi connectivity index (χ1n) is 13.7. The molecule has 0 saturated carbocycles. The molecule has 4 rings (SSSR count).